The van der Waals surface area contributed by atoms with Crippen LogP contribution in [0.5, 0.6) is 0 Å². The zero-order valence-electron chi connectivity index (χ0n) is 9.04. The summed E-state index contributed by atoms with van der Waals surface area (Å²) >= 11 is 0. The monoisotopic (exact) mass is 192 g/mol. The molecule has 0 radical (unpaired) electrons. The maximum Gasteiger partial charge on any atom is 0.120 e. The molecule has 1 heteroatoms. The van der Waals surface area contributed by atoms with Crippen molar-refractivity contribution in [3.05, 3.63) is 11.6 Å². The van der Waals surface area contributed by atoms with Gasteiger partial charge in [-0.25, -0.2) is 0 Å². The van der Waals surface area contributed by atoms with Gasteiger partial charge < -0.3 is 4.79 Å². The van der Waals surface area contributed by atoms with Crippen LogP contribution in [-0.4, -0.2) is 6.29 Å². The molecule has 1 nitrogen and oxygen atoms in total. The van der Waals surface area contributed by atoms with E-state index >= 15 is 0 Å². The lowest BCUT2D eigenvalue weighted by atomic mass is 9.87. The van der Waals surface area contributed by atoms with Gasteiger partial charge >= 0.3 is 0 Å². The summed E-state index contributed by atoms with van der Waals surface area (Å²) in [5.74, 6) is 2.85. The minimum atomic E-state index is 0.698. The van der Waals surface area contributed by atoms with E-state index in [9.17, 15) is 4.79 Å². The lowest BCUT2D eigenvalue weighted by molar-refractivity contribution is -0.107. The first-order valence-corrected chi connectivity index (χ1v) is 5.90. The average molecular weight is 192 g/mol. The lowest BCUT2D eigenvalue weighted by Gasteiger charge is -2.18. The number of carbonyl (C=O) groups excluding carboxylic acids is 1. The molecule has 0 aromatic carbocycles. The highest BCUT2D eigenvalue weighted by atomic mass is 16.1. The number of allylic oxidation sites excluding steroid dienone is 2. The van der Waals surface area contributed by atoms with Crippen LogP contribution in [0.4, 0.5) is 0 Å². The fourth-order valence-electron chi connectivity index (χ4n) is 3.23. The summed E-state index contributed by atoms with van der Waals surface area (Å²) in [7, 11) is 0. The number of rotatable bonds is 4. The fourth-order valence-corrected chi connectivity index (χ4v) is 3.23. The molecule has 2 aliphatic rings. The van der Waals surface area contributed by atoms with Crippen molar-refractivity contribution in [1.82, 2.24) is 0 Å². The Morgan fingerprint density at radius 3 is 2.79 bits per heavy atom. The second-order valence-electron chi connectivity index (χ2n) is 5.06. The van der Waals surface area contributed by atoms with Gasteiger partial charge in [-0.15, -0.1) is 0 Å². The lowest BCUT2D eigenvalue weighted by Crippen LogP contribution is -2.07. The topological polar surface area (TPSA) is 17.1 Å². The van der Waals surface area contributed by atoms with E-state index in [1.807, 2.05) is 0 Å². The van der Waals surface area contributed by atoms with E-state index in [1.165, 1.54) is 31.3 Å². The van der Waals surface area contributed by atoms with Crippen molar-refractivity contribution in [2.45, 2.75) is 45.4 Å². The molecule has 0 saturated heterocycles. The summed E-state index contributed by atoms with van der Waals surface area (Å²) in [4.78, 5) is 10.2. The molecule has 0 aliphatic heterocycles. The Morgan fingerprint density at radius 1 is 1.36 bits per heavy atom. The molecule has 0 aromatic heterocycles. The Balaban J connectivity index is 1.87. The summed E-state index contributed by atoms with van der Waals surface area (Å²) in [6, 6.07) is 0. The molecule has 2 aliphatic carbocycles. The molecule has 14 heavy (non-hydrogen) atoms. The predicted octanol–water partition coefficient (Wildman–Crippen LogP) is 3.35. The van der Waals surface area contributed by atoms with Crippen LogP contribution in [-0.2, 0) is 4.79 Å². The van der Waals surface area contributed by atoms with Crippen molar-refractivity contribution >= 4 is 6.29 Å². The van der Waals surface area contributed by atoms with Crippen molar-refractivity contribution < 1.29 is 4.79 Å². The molecule has 2 fully saturated rings. The molecule has 3 unspecified atom stereocenters. The summed E-state index contributed by atoms with van der Waals surface area (Å²) in [6.45, 7) is 2.18. The van der Waals surface area contributed by atoms with Gasteiger partial charge in [-0.2, -0.15) is 0 Å². The molecular weight excluding hydrogens is 172 g/mol. The van der Waals surface area contributed by atoms with Crippen LogP contribution >= 0.6 is 0 Å². The van der Waals surface area contributed by atoms with Gasteiger partial charge in [0.2, 0.25) is 0 Å². The van der Waals surface area contributed by atoms with E-state index in [2.05, 4.69) is 13.0 Å². The van der Waals surface area contributed by atoms with Gasteiger partial charge in [0.05, 0.1) is 0 Å². The number of fused-ring (bicyclic) bond motifs is 2. The molecule has 0 amide bonds. The SMILES string of the molecule is C/C(=C\C1CC2CCC1C2)CCC=O. The Kier molecular flexibility index (Phi) is 3.05. The van der Waals surface area contributed by atoms with E-state index < -0.39 is 0 Å². The van der Waals surface area contributed by atoms with Gasteiger partial charge in [-0.3, -0.25) is 0 Å². The van der Waals surface area contributed by atoms with Crippen molar-refractivity contribution in [2.24, 2.45) is 17.8 Å². The van der Waals surface area contributed by atoms with E-state index in [0.717, 1.165) is 30.5 Å². The Bertz CT molecular complexity index is 242. The zero-order valence-corrected chi connectivity index (χ0v) is 9.04. The minimum absolute atomic E-state index is 0.698. The normalized spacial score (nSPS) is 36.4. The summed E-state index contributed by atoms with van der Waals surface area (Å²) < 4.78 is 0. The highest BCUT2D eigenvalue weighted by molar-refractivity contribution is 5.49. The minimum Gasteiger partial charge on any atom is -0.303 e. The van der Waals surface area contributed by atoms with Crippen molar-refractivity contribution in [1.29, 1.82) is 0 Å². The first-order chi connectivity index (χ1) is 6.79. The molecule has 2 rings (SSSR count). The molecule has 0 aromatic rings. The smallest absolute Gasteiger partial charge is 0.120 e. The molecule has 2 saturated carbocycles. The van der Waals surface area contributed by atoms with Gasteiger partial charge in [0.1, 0.15) is 6.29 Å². The molecule has 3 atom stereocenters. The second kappa shape index (κ2) is 4.29. The number of aldehydes is 1. The Morgan fingerprint density at radius 2 is 2.21 bits per heavy atom. The Hall–Kier alpha value is -0.590. The van der Waals surface area contributed by atoms with E-state index in [1.54, 1.807) is 0 Å². The summed E-state index contributed by atoms with van der Waals surface area (Å²) in [5.41, 5.74) is 1.43. The van der Waals surface area contributed by atoms with Gasteiger partial charge in [0, 0.05) is 6.42 Å². The number of carbonyl (C=O) groups is 1. The van der Waals surface area contributed by atoms with Crippen molar-refractivity contribution in [3.63, 3.8) is 0 Å². The molecule has 78 valence electrons. The molecule has 0 heterocycles. The highest BCUT2D eigenvalue weighted by Gasteiger charge is 2.38. The van der Waals surface area contributed by atoms with E-state index in [4.69, 9.17) is 0 Å². The third kappa shape index (κ3) is 2.08. The molecular formula is C13H20O. The highest BCUT2D eigenvalue weighted by Crippen LogP contribution is 2.49. The van der Waals surface area contributed by atoms with Crippen LogP contribution in [0.25, 0.3) is 0 Å². The van der Waals surface area contributed by atoms with Crippen molar-refractivity contribution in [3.8, 4) is 0 Å². The zero-order chi connectivity index (χ0) is 9.97. The molecule has 0 N–H and O–H groups in total. The first kappa shape index (κ1) is 9.95. The largest absolute Gasteiger partial charge is 0.303 e. The Labute approximate surface area is 86.6 Å². The van der Waals surface area contributed by atoms with Gasteiger partial charge in [0.15, 0.2) is 0 Å². The van der Waals surface area contributed by atoms with Crippen LogP contribution in [0.3, 0.4) is 0 Å². The summed E-state index contributed by atoms with van der Waals surface area (Å²) in [6.07, 6.45) is 11.0. The first-order valence-electron chi connectivity index (χ1n) is 5.90. The predicted molar refractivity (Wildman–Crippen MR) is 58.0 cm³/mol. The van der Waals surface area contributed by atoms with Crippen LogP contribution in [0.15, 0.2) is 11.6 Å². The second-order valence-corrected chi connectivity index (χ2v) is 5.06. The quantitative estimate of drug-likeness (QED) is 0.493. The maximum atomic E-state index is 10.2. The van der Waals surface area contributed by atoms with Crippen LogP contribution in [0.2, 0.25) is 0 Å². The molecule has 2 bridgehead atoms. The van der Waals surface area contributed by atoms with Gasteiger partial charge in [-0.1, -0.05) is 18.1 Å². The number of hydrogen-bond donors (Lipinski definition) is 0. The summed E-state index contributed by atoms with van der Waals surface area (Å²) in [5, 5.41) is 0. The van der Waals surface area contributed by atoms with Crippen LogP contribution in [0.1, 0.15) is 45.4 Å². The molecule has 0 spiro atoms. The maximum absolute atomic E-state index is 10.2. The van der Waals surface area contributed by atoms with Crippen LogP contribution < -0.4 is 0 Å². The van der Waals surface area contributed by atoms with E-state index in [0.29, 0.717) is 6.42 Å². The third-order valence-corrected chi connectivity index (χ3v) is 3.95. The van der Waals surface area contributed by atoms with Crippen molar-refractivity contribution in [2.75, 3.05) is 0 Å². The van der Waals surface area contributed by atoms with Gasteiger partial charge in [0.25, 0.3) is 0 Å². The third-order valence-electron chi connectivity index (χ3n) is 3.95. The number of hydrogen-bond acceptors (Lipinski definition) is 1. The van der Waals surface area contributed by atoms with Gasteiger partial charge in [-0.05, 0) is 50.4 Å². The van der Waals surface area contributed by atoms with E-state index in [-0.39, 0.29) is 0 Å². The van der Waals surface area contributed by atoms with Crippen LogP contribution in [0, 0.1) is 17.8 Å². The standard InChI is InChI=1S/C13H20O/c1-10(3-2-6-14)7-13-9-11-4-5-12(13)8-11/h6-7,11-13H,2-5,8-9H2,1H3/b10-7+. The average Bonchev–Trinajstić information content (AvgIpc) is 2.76. The fraction of sp³-hybridized carbons (Fsp3) is 0.769.